The molecule has 0 bridgehead atoms. The first-order chi connectivity index (χ1) is 10.1. The number of nitrogens with two attached hydrogens (primary N) is 1. The smallest absolute Gasteiger partial charge is 0.225 e. The molecule has 1 amide bonds. The molecule has 1 unspecified atom stereocenters. The van der Waals surface area contributed by atoms with Crippen LogP contribution in [-0.4, -0.2) is 53.0 Å². The molecule has 7 heteroatoms. The number of halogens is 1. The number of amides is 1. The van der Waals surface area contributed by atoms with E-state index in [2.05, 4.69) is 30.8 Å². The molecule has 114 valence electrons. The third-order valence-electron chi connectivity index (χ3n) is 4.16. The Hall–Kier alpha value is -1.21. The second kappa shape index (κ2) is 6.27. The Labute approximate surface area is 132 Å². The van der Waals surface area contributed by atoms with Gasteiger partial charge in [-0.3, -0.25) is 4.79 Å². The van der Waals surface area contributed by atoms with E-state index in [9.17, 15) is 4.79 Å². The van der Waals surface area contributed by atoms with E-state index in [0.717, 1.165) is 36.6 Å². The van der Waals surface area contributed by atoms with Gasteiger partial charge in [0.1, 0.15) is 0 Å². The Morgan fingerprint density at radius 1 is 1.29 bits per heavy atom. The summed E-state index contributed by atoms with van der Waals surface area (Å²) in [7, 11) is 0. The van der Waals surface area contributed by atoms with Crippen molar-refractivity contribution >= 4 is 27.8 Å². The van der Waals surface area contributed by atoms with Gasteiger partial charge >= 0.3 is 0 Å². The number of rotatable bonds is 4. The average molecular weight is 354 g/mol. The SMILES string of the molecule is NC(CC(=O)N1CCN(c2ncc(Br)cn2)CC1)C1CC1. The van der Waals surface area contributed by atoms with Gasteiger partial charge in [-0.05, 0) is 34.7 Å². The summed E-state index contributed by atoms with van der Waals surface area (Å²) in [6, 6.07) is 0.0466. The van der Waals surface area contributed by atoms with Crippen molar-refractivity contribution in [2.45, 2.75) is 25.3 Å². The first kappa shape index (κ1) is 14.7. The van der Waals surface area contributed by atoms with Crippen LogP contribution < -0.4 is 10.6 Å². The fourth-order valence-corrected chi connectivity index (χ4v) is 2.85. The molecule has 6 nitrogen and oxygen atoms in total. The fraction of sp³-hybridized carbons (Fsp3) is 0.643. The maximum Gasteiger partial charge on any atom is 0.225 e. The second-order valence-corrected chi connectivity index (χ2v) is 6.69. The third kappa shape index (κ3) is 3.71. The van der Waals surface area contributed by atoms with Crippen LogP contribution in [0.2, 0.25) is 0 Å². The number of carbonyl (C=O) groups excluding carboxylic acids is 1. The van der Waals surface area contributed by atoms with E-state index >= 15 is 0 Å². The van der Waals surface area contributed by atoms with Gasteiger partial charge in [-0.2, -0.15) is 0 Å². The number of hydrogen-bond acceptors (Lipinski definition) is 5. The molecular formula is C14H20BrN5O. The van der Waals surface area contributed by atoms with Crippen molar-refractivity contribution in [2.24, 2.45) is 11.7 Å². The first-order valence-corrected chi connectivity index (χ1v) is 8.18. The highest BCUT2D eigenvalue weighted by Gasteiger charge is 2.31. The molecule has 1 aliphatic carbocycles. The Morgan fingerprint density at radius 2 is 1.90 bits per heavy atom. The van der Waals surface area contributed by atoms with Gasteiger partial charge in [-0.25, -0.2) is 9.97 Å². The van der Waals surface area contributed by atoms with Gasteiger partial charge in [0.15, 0.2) is 0 Å². The van der Waals surface area contributed by atoms with Crippen LogP contribution in [-0.2, 0) is 4.79 Å². The van der Waals surface area contributed by atoms with Gasteiger partial charge in [0.05, 0.1) is 4.47 Å². The van der Waals surface area contributed by atoms with E-state index in [4.69, 9.17) is 5.73 Å². The van der Waals surface area contributed by atoms with Crippen molar-refractivity contribution in [1.82, 2.24) is 14.9 Å². The van der Waals surface area contributed by atoms with Crippen LogP contribution >= 0.6 is 15.9 Å². The Balaban J connectivity index is 1.50. The highest BCUT2D eigenvalue weighted by atomic mass is 79.9. The van der Waals surface area contributed by atoms with Crippen LogP contribution in [0.3, 0.4) is 0 Å². The summed E-state index contributed by atoms with van der Waals surface area (Å²) >= 11 is 3.33. The predicted molar refractivity (Wildman–Crippen MR) is 83.8 cm³/mol. The van der Waals surface area contributed by atoms with Crippen molar-refractivity contribution in [1.29, 1.82) is 0 Å². The minimum absolute atomic E-state index is 0.0466. The molecule has 1 saturated heterocycles. The average Bonchev–Trinajstić information content (AvgIpc) is 3.33. The van der Waals surface area contributed by atoms with Gasteiger partial charge in [0, 0.05) is 51.0 Å². The number of piperazine rings is 1. The third-order valence-corrected chi connectivity index (χ3v) is 4.57. The van der Waals surface area contributed by atoms with Crippen LogP contribution in [0.1, 0.15) is 19.3 Å². The summed E-state index contributed by atoms with van der Waals surface area (Å²) in [4.78, 5) is 24.8. The van der Waals surface area contributed by atoms with Crippen molar-refractivity contribution in [3.05, 3.63) is 16.9 Å². The normalized spacial score (nSPS) is 20.5. The summed E-state index contributed by atoms with van der Waals surface area (Å²) in [5.74, 6) is 1.48. The Kier molecular flexibility index (Phi) is 4.40. The lowest BCUT2D eigenvalue weighted by Gasteiger charge is -2.35. The van der Waals surface area contributed by atoms with E-state index in [1.165, 1.54) is 12.8 Å². The molecule has 0 radical (unpaired) electrons. The van der Waals surface area contributed by atoms with Crippen LogP contribution in [0.5, 0.6) is 0 Å². The molecule has 3 rings (SSSR count). The lowest BCUT2D eigenvalue weighted by atomic mass is 10.1. The van der Waals surface area contributed by atoms with Crippen LogP contribution in [0, 0.1) is 5.92 Å². The van der Waals surface area contributed by atoms with E-state index < -0.39 is 0 Å². The lowest BCUT2D eigenvalue weighted by molar-refractivity contribution is -0.131. The molecule has 2 heterocycles. The number of nitrogens with zero attached hydrogens (tertiary/aromatic N) is 4. The Morgan fingerprint density at radius 3 is 2.48 bits per heavy atom. The number of anilines is 1. The molecule has 2 aliphatic rings. The summed E-state index contributed by atoms with van der Waals surface area (Å²) < 4.78 is 0.870. The fourth-order valence-electron chi connectivity index (χ4n) is 2.65. The molecule has 1 aromatic heterocycles. The topological polar surface area (TPSA) is 75.4 Å². The van der Waals surface area contributed by atoms with Gasteiger partial charge in [-0.1, -0.05) is 0 Å². The largest absolute Gasteiger partial charge is 0.339 e. The Bertz CT molecular complexity index is 497. The van der Waals surface area contributed by atoms with Gasteiger partial charge in [0.2, 0.25) is 11.9 Å². The zero-order valence-electron chi connectivity index (χ0n) is 11.9. The molecule has 21 heavy (non-hydrogen) atoms. The molecule has 0 aromatic carbocycles. The summed E-state index contributed by atoms with van der Waals surface area (Å²) in [5, 5.41) is 0. The van der Waals surface area contributed by atoms with Crippen molar-refractivity contribution < 1.29 is 4.79 Å². The van der Waals surface area contributed by atoms with Crippen molar-refractivity contribution in [3.8, 4) is 0 Å². The van der Waals surface area contributed by atoms with Crippen LogP contribution in [0.4, 0.5) is 5.95 Å². The second-order valence-electron chi connectivity index (χ2n) is 5.77. The van der Waals surface area contributed by atoms with Crippen molar-refractivity contribution in [2.75, 3.05) is 31.1 Å². The number of carbonyl (C=O) groups is 1. The minimum atomic E-state index is 0.0466. The van der Waals surface area contributed by atoms with E-state index in [1.807, 2.05) is 4.90 Å². The summed E-state index contributed by atoms with van der Waals surface area (Å²) in [6.45, 7) is 2.98. The quantitative estimate of drug-likeness (QED) is 0.874. The first-order valence-electron chi connectivity index (χ1n) is 7.39. The van der Waals surface area contributed by atoms with Gasteiger partial charge < -0.3 is 15.5 Å². The number of aromatic nitrogens is 2. The predicted octanol–water partition coefficient (Wildman–Crippen LogP) is 1.02. The molecular weight excluding hydrogens is 334 g/mol. The van der Waals surface area contributed by atoms with Gasteiger partial charge in [0.25, 0.3) is 0 Å². The molecule has 1 saturated carbocycles. The molecule has 2 fully saturated rings. The maximum atomic E-state index is 12.2. The zero-order valence-corrected chi connectivity index (χ0v) is 13.5. The molecule has 1 aromatic rings. The molecule has 2 N–H and O–H groups in total. The lowest BCUT2D eigenvalue weighted by Crippen LogP contribution is -2.50. The highest BCUT2D eigenvalue weighted by Crippen LogP contribution is 2.33. The minimum Gasteiger partial charge on any atom is -0.339 e. The van der Waals surface area contributed by atoms with Crippen LogP contribution in [0.15, 0.2) is 16.9 Å². The standard InChI is InChI=1S/C14H20BrN5O/c15-11-8-17-14(18-9-11)20-5-3-19(4-6-20)13(21)7-12(16)10-1-2-10/h8-10,12H,1-7,16H2. The monoisotopic (exact) mass is 353 g/mol. The van der Waals surface area contributed by atoms with Gasteiger partial charge in [-0.15, -0.1) is 0 Å². The summed E-state index contributed by atoms with van der Waals surface area (Å²) in [6.07, 6.45) is 6.34. The molecule has 1 atom stereocenters. The molecule has 1 aliphatic heterocycles. The highest BCUT2D eigenvalue weighted by molar-refractivity contribution is 9.10. The maximum absolute atomic E-state index is 12.2. The number of hydrogen-bond donors (Lipinski definition) is 1. The van der Waals surface area contributed by atoms with Crippen LogP contribution in [0.25, 0.3) is 0 Å². The van der Waals surface area contributed by atoms with E-state index in [-0.39, 0.29) is 11.9 Å². The van der Waals surface area contributed by atoms with E-state index in [0.29, 0.717) is 12.3 Å². The zero-order chi connectivity index (χ0) is 14.8. The van der Waals surface area contributed by atoms with Crippen molar-refractivity contribution in [3.63, 3.8) is 0 Å². The summed E-state index contributed by atoms with van der Waals surface area (Å²) in [5.41, 5.74) is 6.04. The molecule has 0 spiro atoms. The van der Waals surface area contributed by atoms with E-state index in [1.54, 1.807) is 12.4 Å².